The molecule has 2 aromatic rings. The number of esters is 1. The van der Waals surface area contributed by atoms with Gasteiger partial charge in [-0.1, -0.05) is 12.1 Å². The lowest BCUT2D eigenvalue weighted by molar-refractivity contribution is -0.151. The van der Waals surface area contributed by atoms with Crippen LogP contribution in [0.15, 0.2) is 30.6 Å². The number of ether oxygens (including phenoxy) is 3. The molecule has 1 aromatic heterocycles. The topological polar surface area (TPSA) is 65.8 Å². The third-order valence-electron chi connectivity index (χ3n) is 6.16. The smallest absolute Gasteiger partial charge is 0.312 e. The Labute approximate surface area is 158 Å². The van der Waals surface area contributed by atoms with Crippen molar-refractivity contribution in [2.75, 3.05) is 32.8 Å². The highest BCUT2D eigenvalue weighted by molar-refractivity contribution is 5.79. The summed E-state index contributed by atoms with van der Waals surface area (Å²) in [6.07, 6.45) is 4.13. The van der Waals surface area contributed by atoms with Crippen molar-refractivity contribution in [1.29, 1.82) is 0 Å². The van der Waals surface area contributed by atoms with Crippen LogP contribution in [0.25, 0.3) is 11.0 Å². The highest BCUT2D eigenvalue weighted by Gasteiger charge is 2.50. The van der Waals surface area contributed by atoms with E-state index in [4.69, 9.17) is 14.2 Å². The third kappa shape index (κ3) is 3.24. The van der Waals surface area contributed by atoms with Crippen LogP contribution < -0.4 is 0 Å². The number of para-hydroxylation sites is 2. The van der Waals surface area contributed by atoms with Gasteiger partial charge >= 0.3 is 5.97 Å². The van der Waals surface area contributed by atoms with E-state index in [0.717, 1.165) is 49.9 Å². The van der Waals surface area contributed by atoms with Gasteiger partial charge in [-0.15, -0.1) is 0 Å². The molecule has 0 aliphatic carbocycles. The molecule has 3 aliphatic heterocycles. The maximum Gasteiger partial charge on any atom is 0.312 e. The molecule has 0 bridgehead atoms. The lowest BCUT2D eigenvalue weighted by Crippen LogP contribution is -2.45. The van der Waals surface area contributed by atoms with Crippen LogP contribution in [0, 0.1) is 5.41 Å². The second-order valence-corrected chi connectivity index (χ2v) is 7.87. The van der Waals surface area contributed by atoms with Crippen LogP contribution in [0.4, 0.5) is 0 Å². The van der Waals surface area contributed by atoms with Gasteiger partial charge in [0.15, 0.2) is 6.29 Å². The van der Waals surface area contributed by atoms with Crippen molar-refractivity contribution in [1.82, 2.24) is 14.5 Å². The maximum atomic E-state index is 12.7. The molecule has 7 heteroatoms. The van der Waals surface area contributed by atoms with Crippen molar-refractivity contribution < 1.29 is 19.0 Å². The first-order valence-corrected chi connectivity index (χ1v) is 9.78. The minimum absolute atomic E-state index is 0.0232. The van der Waals surface area contributed by atoms with Crippen molar-refractivity contribution in [3.63, 3.8) is 0 Å². The number of cyclic esters (lactones) is 1. The first kappa shape index (κ1) is 17.2. The molecule has 3 aliphatic rings. The number of benzene rings is 1. The highest BCUT2D eigenvalue weighted by Crippen LogP contribution is 2.43. The third-order valence-corrected chi connectivity index (χ3v) is 6.16. The number of piperidine rings is 1. The van der Waals surface area contributed by atoms with Crippen LogP contribution in [0.1, 0.15) is 19.3 Å². The second kappa shape index (κ2) is 6.89. The van der Waals surface area contributed by atoms with Crippen LogP contribution >= 0.6 is 0 Å². The van der Waals surface area contributed by atoms with Crippen LogP contribution in [-0.2, 0) is 25.5 Å². The van der Waals surface area contributed by atoms with Crippen molar-refractivity contribution in [2.24, 2.45) is 5.41 Å². The zero-order chi connectivity index (χ0) is 18.3. The molecule has 0 radical (unpaired) electrons. The summed E-state index contributed by atoms with van der Waals surface area (Å²) in [4.78, 5) is 19.5. The Bertz CT molecular complexity index is 821. The van der Waals surface area contributed by atoms with Gasteiger partial charge in [0.1, 0.15) is 6.10 Å². The molecule has 0 amide bonds. The van der Waals surface area contributed by atoms with E-state index in [9.17, 15) is 4.79 Å². The summed E-state index contributed by atoms with van der Waals surface area (Å²) in [5.41, 5.74) is 1.73. The number of aromatic nitrogens is 2. The number of rotatable bonds is 4. The number of carbonyl (C=O) groups is 1. The summed E-state index contributed by atoms with van der Waals surface area (Å²) in [5.74, 6) is -0.0232. The molecule has 1 atom stereocenters. The Hall–Kier alpha value is -1.96. The fourth-order valence-corrected chi connectivity index (χ4v) is 4.61. The van der Waals surface area contributed by atoms with Crippen molar-refractivity contribution in [2.45, 2.75) is 38.2 Å². The van der Waals surface area contributed by atoms with E-state index in [1.807, 2.05) is 24.5 Å². The summed E-state index contributed by atoms with van der Waals surface area (Å²) in [7, 11) is 0. The molecule has 0 N–H and O–H groups in total. The van der Waals surface area contributed by atoms with Gasteiger partial charge in [-0.2, -0.15) is 0 Å². The molecular formula is C20H25N3O4. The number of hydrogen-bond acceptors (Lipinski definition) is 6. The molecule has 5 rings (SSSR count). The molecule has 1 spiro atoms. The fraction of sp³-hybridized carbons (Fsp3) is 0.600. The molecule has 144 valence electrons. The zero-order valence-corrected chi connectivity index (χ0v) is 15.4. The molecule has 1 unspecified atom stereocenters. The lowest BCUT2D eigenvalue weighted by atomic mass is 9.76. The standard InChI is InChI=1S/C20H25N3O4/c24-19-20(5-7-22(8-6-20)13-18-25-9-10-26-18)11-15(27-19)12-23-14-21-16-3-1-2-4-17(16)23/h1-4,14-15,18H,5-13H2. The minimum atomic E-state index is -0.324. The van der Waals surface area contributed by atoms with Crippen LogP contribution in [0.2, 0.25) is 0 Å². The Kier molecular flexibility index (Phi) is 4.38. The average molecular weight is 371 g/mol. The Morgan fingerprint density at radius 3 is 2.70 bits per heavy atom. The summed E-state index contributed by atoms with van der Waals surface area (Å²) in [6.45, 7) is 4.59. The first-order valence-electron chi connectivity index (χ1n) is 9.78. The van der Waals surface area contributed by atoms with Gasteiger partial charge in [-0.25, -0.2) is 4.98 Å². The van der Waals surface area contributed by atoms with Crippen molar-refractivity contribution >= 4 is 17.0 Å². The number of imidazole rings is 1. The van der Waals surface area contributed by atoms with Gasteiger partial charge in [-0.05, 0) is 38.1 Å². The van der Waals surface area contributed by atoms with Gasteiger partial charge in [0, 0.05) is 13.0 Å². The van der Waals surface area contributed by atoms with E-state index in [2.05, 4.69) is 20.5 Å². The number of nitrogens with zero attached hydrogens (tertiary/aromatic N) is 3. The van der Waals surface area contributed by atoms with Gasteiger partial charge < -0.3 is 18.8 Å². The summed E-state index contributed by atoms with van der Waals surface area (Å²) in [5, 5.41) is 0. The van der Waals surface area contributed by atoms with Gasteiger partial charge in [-0.3, -0.25) is 9.69 Å². The van der Waals surface area contributed by atoms with E-state index in [-0.39, 0.29) is 23.8 Å². The number of hydrogen-bond donors (Lipinski definition) is 0. The van der Waals surface area contributed by atoms with E-state index in [1.165, 1.54) is 0 Å². The van der Waals surface area contributed by atoms with Crippen molar-refractivity contribution in [3.05, 3.63) is 30.6 Å². The van der Waals surface area contributed by atoms with Gasteiger partial charge in [0.25, 0.3) is 0 Å². The summed E-state index contributed by atoms with van der Waals surface area (Å²) in [6, 6.07) is 8.05. The Balaban J connectivity index is 1.21. The second-order valence-electron chi connectivity index (χ2n) is 7.87. The van der Waals surface area contributed by atoms with E-state index in [1.54, 1.807) is 0 Å². The highest BCUT2D eigenvalue weighted by atomic mass is 16.7. The largest absolute Gasteiger partial charge is 0.460 e. The normalized spacial score (nSPS) is 26.2. The quantitative estimate of drug-likeness (QED) is 0.764. The lowest BCUT2D eigenvalue weighted by Gasteiger charge is -2.37. The average Bonchev–Trinajstić information content (AvgIpc) is 3.39. The zero-order valence-electron chi connectivity index (χ0n) is 15.4. The van der Waals surface area contributed by atoms with Gasteiger partial charge in [0.2, 0.25) is 0 Å². The number of likely N-dealkylation sites (tertiary alicyclic amines) is 1. The van der Waals surface area contributed by atoms with Crippen molar-refractivity contribution in [3.8, 4) is 0 Å². The molecule has 3 saturated heterocycles. The predicted molar refractivity (Wildman–Crippen MR) is 98.0 cm³/mol. The van der Waals surface area contributed by atoms with E-state index < -0.39 is 0 Å². The Morgan fingerprint density at radius 2 is 1.89 bits per heavy atom. The van der Waals surface area contributed by atoms with E-state index >= 15 is 0 Å². The molecule has 7 nitrogen and oxygen atoms in total. The summed E-state index contributed by atoms with van der Waals surface area (Å²) >= 11 is 0. The number of carbonyl (C=O) groups excluding carboxylic acids is 1. The molecule has 1 aromatic carbocycles. The SMILES string of the molecule is O=C1OC(Cn2cnc3ccccc32)CC12CCN(CC1OCCO1)CC2. The predicted octanol–water partition coefficient (Wildman–Crippen LogP) is 1.81. The molecule has 27 heavy (non-hydrogen) atoms. The molecule has 3 fully saturated rings. The first-order chi connectivity index (χ1) is 13.2. The van der Waals surface area contributed by atoms with E-state index in [0.29, 0.717) is 19.8 Å². The fourth-order valence-electron chi connectivity index (χ4n) is 4.61. The Morgan fingerprint density at radius 1 is 1.11 bits per heavy atom. The van der Waals surface area contributed by atoms with Crippen LogP contribution in [0.5, 0.6) is 0 Å². The minimum Gasteiger partial charge on any atom is -0.460 e. The van der Waals surface area contributed by atoms with Crippen LogP contribution in [-0.4, -0.2) is 65.7 Å². The molecular weight excluding hydrogens is 346 g/mol. The van der Waals surface area contributed by atoms with Gasteiger partial charge in [0.05, 0.1) is 42.5 Å². The number of fused-ring (bicyclic) bond motifs is 1. The molecule has 4 heterocycles. The maximum absolute atomic E-state index is 12.7. The molecule has 0 saturated carbocycles. The van der Waals surface area contributed by atoms with Crippen LogP contribution in [0.3, 0.4) is 0 Å². The summed E-state index contributed by atoms with van der Waals surface area (Å²) < 4.78 is 19.0. The monoisotopic (exact) mass is 371 g/mol.